The third-order valence-corrected chi connectivity index (χ3v) is 1.61. The Balaban J connectivity index is 4.08. The van der Waals surface area contributed by atoms with Gasteiger partial charge in [-0.3, -0.25) is 9.63 Å². The molecule has 0 fully saturated rings. The van der Waals surface area contributed by atoms with Crippen molar-refractivity contribution in [3.63, 3.8) is 0 Å². The van der Waals surface area contributed by atoms with Crippen molar-refractivity contribution in [2.75, 3.05) is 13.2 Å². The highest BCUT2D eigenvalue weighted by Gasteiger charge is 2.24. The zero-order valence-electron chi connectivity index (χ0n) is 8.05. The number of carboxylic acids is 1. The standard InChI is InChI=1S/C8H15NO5/c1-2-3-4-14-9(6-11)7(5-10)8(12)13/h6-7,10H,2-5H2,1H3,(H,12,13)/t7-/m1/s1. The molecule has 14 heavy (non-hydrogen) atoms. The lowest BCUT2D eigenvalue weighted by Gasteiger charge is -2.21. The van der Waals surface area contributed by atoms with E-state index in [9.17, 15) is 9.59 Å². The summed E-state index contributed by atoms with van der Waals surface area (Å²) in [6, 6.07) is -1.33. The fourth-order valence-corrected chi connectivity index (χ4v) is 0.776. The SMILES string of the molecule is CCCCON(C=O)[C@H](CO)C(=O)O. The summed E-state index contributed by atoms with van der Waals surface area (Å²) >= 11 is 0. The number of aliphatic hydroxyl groups is 1. The van der Waals surface area contributed by atoms with Crippen molar-refractivity contribution in [1.29, 1.82) is 0 Å². The largest absolute Gasteiger partial charge is 0.480 e. The fourth-order valence-electron chi connectivity index (χ4n) is 0.776. The molecule has 0 bridgehead atoms. The number of carboxylic acid groups (broad SMARTS) is 1. The van der Waals surface area contributed by atoms with E-state index in [1.54, 1.807) is 0 Å². The summed E-state index contributed by atoms with van der Waals surface area (Å²) in [6.45, 7) is 1.54. The summed E-state index contributed by atoms with van der Waals surface area (Å²) in [5, 5.41) is 17.9. The molecule has 0 spiro atoms. The van der Waals surface area contributed by atoms with Crippen molar-refractivity contribution in [2.24, 2.45) is 0 Å². The van der Waals surface area contributed by atoms with Gasteiger partial charge in [-0.25, -0.2) is 9.86 Å². The number of nitrogens with zero attached hydrogens (tertiary/aromatic N) is 1. The Bertz CT molecular complexity index is 185. The van der Waals surface area contributed by atoms with Gasteiger partial charge >= 0.3 is 5.97 Å². The average Bonchev–Trinajstić information content (AvgIpc) is 2.16. The molecule has 0 heterocycles. The van der Waals surface area contributed by atoms with Gasteiger partial charge in [0.2, 0.25) is 6.41 Å². The van der Waals surface area contributed by atoms with Crippen LogP contribution in [-0.2, 0) is 14.4 Å². The molecule has 0 radical (unpaired) electrons. The number of carbonyl (C=O) groups is 2. The predicted octanol–water partition coefficient (Wildman–Crippen LogP) is -0.378. The van der Waals surface area contributed by atoms with E-state index in [0.29, 0.717) is 5.06 Å². The minimum atomic E-state index is -1.33. The van der Waals surface area contributed by atoms with Gasteiger partial charge in [-0.1, -0.05) is 13.3 Å². The Morgan fingerprint density at radius 1 is 1.64 bits per heavy atom. The van der Waals surface area contributed by atoms with Crippen LogP contribution in [0.5, 0.6) is 0 Å². The highest BCUT2D eigenvalue weighted by Crippen LogP contribution is 1.99. The van der Waals surface area contributed by atoms with Crippen LogP contribution in [0.15, 0.2) is 0 Å². The Hall–Kier alpha value is -1.14. The molecule has 2 N–H and O–H groups in total. The fraction of sp³-hybridized carbons (Fsp3) is 0.750. The molecule has 0 aromatic carbocycles. The molecule has 0 rings (SSSR count). The quantitative estimate of drug-likeness (QED) is 0.320. The van der Waals surface area contributed by atoms with Gasteiger partial charge in [0.15, 0.2) is 6.04 Å². The van der Waals surface area contributed by atoms with Gasteiger partial charge in [0.05, 0.1) is 13.2 Å². The molecule has 0 saturated carbocycles. The van der Waals surface area contributed by atoms with Crippen molar-refractivity contribution < 1.29 is 24.6 Å². The van der Waals surface area contributed by atoms with Crippen LogP contribution in [0.1, 0.15) is 19.8 Å². The Kier molecular flexibility index (Phi) is 6.69. The van der Waals surface area contributed by atoms with E-state index in [2.05, 4.69) is 0 Å². The third kappa shape index (κ3) is 4.20. The predicted molar refractivity (Wildman–Crippen MR) is 47.3 cm³/mol. The van der Waals surface area contributed by atoms with Crippen LogP contribution >= 0.6 is 0 Å². The smallest absolute Gasteiger partial charge is 0.331 e. The Labute approximate surface area is 82.0 Å². The van der Waals surface area contributed by atoms with Crippen LogP contribution in [-0.4, -0.2) is 46.9 Å². The molecule has 0 aliphatic carbocycles. The van der Waals surface area contributed by atoms with Gasteiger partial charge in [-0.2, -0.15) is 0 Å². The molecular formula is C8H15NO5. The van der Waals surface area contributed by atoms with E-state index in [4.69, 9.17) is 15.1 Å². The maximum atomic E-state index is 10.5. The van der Waals surface area contributed by atoms with E-state index < -0.39 is 18.6 Å². The first-order valence-electron chi connectivity index (χ1n) is 4.37. The summed E-state index contributed by atoms with van der Waals surface area (Å²) in [7, 11) is 0. The van der Waals surface area contributed by atoms with Crippen LogP contribution in [0, 0.1) is 0 Å². The first kappa shape index (κ1) is 12.9. The van der Waals surface area contributed by atoms with E-state index in [0.717, 1.165) is 12.8 Å². The van der Waals surface area contributed by atoms with Crippen LogP contribution in [0.3, 0.4) is 0 Å². The molecule has 0 saturated heterocycles. The summed E-state index contributed by atoms with van der Waals surface area (Å²) in [6.07, 6.45) is 1.86. The first-order valence-corrected chi connectivity index (χ1v) is 4.37. The van der Waals surface area contributed by atoms with Gasteiger partial charge in [-0.15, -0.1) is 0 Å². The van der Waals surface area contributed by atoms with Gasteiger partial charge in [0.25, 0.3) is 0 Å². The monoisotopic (exact) mass is 205 g/mol. The number of hydroxylamine groups is 2. The van der Waals surface area contributed by atoms with Crippen LogP contribution < -0.4 is 0 Å². The minimum Gasteiger partial charge on any atom is -0.480 e. The van der Waals surface area contributed by atoms with Crippen molar-refractivity contribution in [3.05, 3.63) is 0 Å². The van der Waals surface area contributed by atoms with E-state index in [1.807, 2.05) is 6.92 Å². The van der Waals surface area contributed by atoms with Crippen molar-refractivity contribution in [2.45, 2.75) is 25.8 Å². The van der Waals surface area contributed by atoms with Crippen LogP contribution in [0.2, 0.25) is 0 Å². The third-order valence-electron chi connectivity index (χ3n) is 1.61. The Morgan fingerprint density at radius 3 is 2.64 bits per heavy atom. The second-order valence-corrected chi connectivity index (χ2v) is 2.69. The molecule has 1 atom stereocenters. The highest BCUT2D eigenvalue weighted by atomic mass is 16.7. The normalized spacial score (nSPS) is 12.1. The van der Waals surface area contributed by atoms with E-state index >= 15 is 0 Å². The van der Waals surface area contributed by atoms with Crippen LogP contribution in [0.4, 0.5) is 0 Å². The number of amides is 1. The zero-order valence-corrected chi connectivity index (χ0v) is 8.05. The maximum absolute atomic E-state index is 10.5. The second-order valence-electron chi connectivity index (χ2n) is 2.69. The summed E-state index contributed by atoms with van der Waals surface area (Å²) in [4.78, 5) is 25.8. The molecule has 0 unspecified atom stereocenters. The zero-order chi connectivity index (χ0) is 11.0. The highest BCUT2D eigenvalue weighted by molar-refractivity contribution is 5.75. The van der Waals surface area contributed by atoms with Crippen molar-refractivity contribution in [3.8, 4) is 0 Å². The van der Waals surface area contributed by atoms with Gasteiger partial charge < -0.3 is 10.2 Å². The number of unbranched alkanes of at least 4 members (excludes halogenated alkanes) is 1. The van der Waals surface area contributed by atoms with Crippen molar-refractivity contribution in [1.82, 2.24) is 5.06 Å². The lowest BCUT2D eigenvalue weighted by molar-refractivity contribution is -0.200. The number of hydrogen-bond acceptors (Lipinski definition) is 4. The summed E-state index contributed by atoms with van der Waals surface area (Å²) < 4.78 is 0. The average molecular weight is 205 g/mol. The molecule has 6 heteroatoms. The molecule has 0 aromatic heterocycles. The number of aliphatic hydroxyl groups excluding tert-OH is 1. The molecule has 0 aromatic rings. The number of rotatable bonds is 8. The van der Waals surface area contributed by atoms with Gasteiger partial charge in [0.1, 0.15) is 0 Å². The lowest BCUT2D eigenvalue weighted by atomic mass is 10.3. The topological polar surface area (TPSA) is 87.1 Å². The number of carbonyl (C=O) groups excluding carboxylic acids is 1. The summed E-state index contributed by atoms with van der Waals surface area (Å²) in [5.41, 5.74) is 0. The first-order chi connectivity index (χ1) is 6.67. The van der Waals surface area contributed by atoms with Crippen LogP contribution in [0.25, 0.3) is 0 Å². The molecule has 0 aliphatic heterocycles. The number of aliphatic carboxylic acids is 1. The van der Waals surface area contributed by atoms with Gasteiger partial charge in [0, 0.05) is 0 Å². The number of hydrogen-bond donors (Lipinski definition) is 2. The molecule has 6 nitrogen and oxygen atoms in total. The van der Waals surface area contributed by atoms with E-state index in [-0.39, 0.29) is 13.0 Å². The maximum Gasteiger partial charge on any atom is 0.331 e. The lowest BCUT2D eigenvalue weighted by Crippen LogP contribution is -2.43. The Morgan fingerprint density at radius 2 is 2.29 bits per heavy atom. The molecule has 1 amide bonds. The second kappa shape index (κ2) is 7.28. The van der Waals surface area contributed by atoms with Crippen molar-refractivity contribution >= 4 is 12.4 Å². The van der Waals surface area contributed by atoms with Gasteiger partial charge in [-0.05, 0) is 6.42 Å². The molecule has 82 valence electrons. The summed E-state index contributed by atoms with van der Waals surface area (Å²) in [5.74, 6) is -1.30. The van der Waals surface area contributed by atoms with E-state index in [1.165, 1.54) is 0 Å². The minimum absolute atomic E-state index is 0.255. The molecular weight excluding hydrogens is 190 g/mol. The molecule has 0 aliphatic rings.